The van der Waals surface area contributed by atoms with Crippen molar-refractivity contribution < 1.29 is 0 Å². The normalized spacial score (nSPS) is 12.5. The Labute approximate surface area is 90.9 Å². The summed E-state index contributed by atoms with van der Waals surface area (Å²) in [4.78, 5) is 8.03. The van der Waals surface area contributed by atoms with E-state index >= 15 is 0 Å². The molecule has 13 heavy (non-hydrogen) atoms. The molecule has 0 fully saturated rings. The summed E-state index contributed by atoms with van der Waals surface area (Å²) in [5.74, 6) is 0.864. The van der Waals surface area contributed by atoms with E-state index in [1.165, 1.54) is 6.33 Å². The van der Waals surface area contributed by atoms with Crippen LogP contribution in [-0.4, -0.2) is 28.0 Å². The van der Waals surface area contributed by atoms with Gasteiger partial charge in [-0.1, -0.05) is 6.92 Å². The van der Waals surface area contributed by atoms with E-state index in [0.29, 0.717) is 5.25 Å². The highest BCUT2D eigenvalue weighted by atomic mass is 79.9. The molecule has 5 heteroatoms. The van der Waals surface area contributed by atoms with E-state index in [1.54, 1.807) is 0 Å². The van der Waals surface area contributed by atoms with E-state index in [4.69, 9.17) is 0 Å². The molecule has 0 radical (unpaired) electrons. The first-order valence-electron chi connectivity index (χ1n) is 3.96. The summed E-state index contributed by atoms with van der Waals surface area (Å²) in [6, 6.07) is 1.87. The minimum Gasteiger partial charge on any atom is -0.369 e. The highest BCUT2D eigenvalue weighted by molar-refractivity contribution is 9.10. The molecule has 1 aromatic heterocycles. The van der Waals surface area contributed by atoms with Crippen molar-refractivity contribution in [2.45, 2.75) is 12.2 Å². The molecule has 0 aliphatic carbocycles. The van der Waals surface area contributed by atoms with Gasteiger partial charge in [-0.25, -0.2) is 9.97 Å². The number of nitrogens with one attached hydrogen (secondary N) is 1. The quantitative estimate of drug-likeness (QED) is 0.845. The van der Waals surface area contributed by atoms with Crippen molar-refractivity contribution >= 4 is 33.5 Å². The number of halogens is 1. The summed E-state index contributed by atoms with van der Waals surface area (Å²) in [5, 5.41) is 3.83. The van der Waals surface area contributed by atoms with Crippen LogP contribution in [0.15, 0.2) is 17.0 Å². The molecular formula is C8H12BrN3S. The van der Waals surface area contributed by atoms with Gasteiger partial charge in [0.1, 0.15) is 16.7 Å². The van der Waals surface area contributed by atoms with Gasteiger partial charge >= 0.3 is 0 Å². The van der Waals surface area contributed by atoms with Gasteiger partial charge in [-0.05, 0) is 22.2 Å². The molecule has 1 aromatic rings. The molecule has 0 amide bonds. The van der Waals surface area contributed by atoms with Crippen LogP contribution in [-0.2, 0) is 0 Å². The van der Waals surface area contributed by atoms with Crippen molar-refractivity contribution in [1.82, 2.24) is 9.97 Å². The monoisotopic (exact) mass is 261 g/mol. The summed E-state index contributed by atoms with van der Waals surface area (Å²) in [7, 11) is 0. The van der Waals surface area contributed by atoms with Crippen LogP contribution >= 0.6 is 27.7 Å². The van der Waals surface area contributed by atoms with Gasteiger partial charge in [0.2, 0.25) is 0 Å². The second-order valence-corrected chi connectivity index (χ2v) is 4.74. The molecule has 0 aromatic carbocycles. The molecule has 1 N–H and O–H groups in total. The van der Waals surface area contributed by atoms with Crippen LogP contribution in [0.1, 0.15) is 6.92 Å². The summed E-state index contributed by atoms with van der Waals surface area (Å²) < 4.78 is 0.807. The Kier molecular flexibility index (Phi) is 4.52. The Morgan fingerprint density at radius 3 is 3.00 bits per heavy atom. The lowest BCUT2D eigenvalue weighted by Gasteiger charge is -2.09. The number of hydrogen-bond acceptors (Lipinski definition) is 4. The Balaban J connectivity index is 2.45. The van der Waals surface area contributed by atoms with Gasteiger partial charge in [0.25, 0.3) is 0 Å². The third-order valence-corrected chi connectivity index (χ3v) is 3.01. The van der Waals surface area contributed by atoms with Crippen LogP contribution in [0.3, 0.4) is 0 Å². The highest BCUT2D eigenvalue weighted by Gasteiger charge is 1.99. The van der Waals surface area contributed by atoms with Gasteiger partial charge < -0.3 is 5.32 Å². The SMILES string of the molecule is CSC(C)CNc1cc(Br)ncn1. The molecule has 1 atom stereocenters. The van der Waals surface area contributed by atoms with Crippen LogP contribution in [0, 0.1) is 0 Å². The van der Waals surface area contributed by atoms with Crippen LogP contribution in [0.5, 0.6) is 0 Å². The highest BCUT2D eigenvalue weighted by Crippen LogP contribution is 2.11. The number of rotatable bonds is 4. The Morgan fingerprint density at radius 1 is 1.62 bits per heavy atom. The summed E-state index contributed by atoms with van der Waals surface area (Å²) in [6.45, 7) is 3.10. The lowest BCUT2D eigenvalue weighted by atomic mass is 10.4. The summed E-state index contributed by atoms with van der Waals surface area (Å²) in [5.41, 5.74) is 0. The fourth-order valence-corrected chi connectivity index (χ4v) is 1.32. The van der Waals surface area contributed by atoms with E-state index in [-0.39, 0.29) is 0 Å². The molecule has 0 aliphatic heterocycles. The lowest BCUT2D eigenvalue weighted by Crippen LogP contribution is -2.13. The van der Waals surface area contributed by atoms with E-state index in [0.717, 1.165) is 17.0 Å². The fraction of sp³-hybridized carbons (Fsp3) is 0.500. The Bertz CT molecular complexity index is 269. The van der Waals surface area contributed by atoms with Crippen LogP contribution in [0.25, 0.3) is 0 Å². The maximum Gasteiger partial charge on any atom is 0.130 e. The van der Waals surface area contributed by atoms with Gasteiger partial charge in [-0.2, -0.15) is 11.8 Å². The smallest absolute Gasteiger partial charge is 0.130 e. The summed E-state index contributed by atoms with van der Waals surface area (Å²) >= 11 is 5.12. The first-order valence-corrected chi connectivity index (χ1v) is 6.04. The first kappa shape index (κ1) is 10.8. The van der Waals surface area contributed by atoms with Crippen LogP contribution in [0.2, 0.25) is 0 Å². The second kappa shape index (κ2) is 5.44. The Hall–Kier alpha value is -0.290. The molecule has 0 aliphatic rings. The second-order valence-electron chi connectivity index (χ2n) is 2.65. The third-order valence-electron chi connectivity index (χ3n) is 1.61. The van der Waals surface area contributed by atoms with Crippen LogP contribution in [0.4, 0.5) is 5.82 Å². The molecule has 0 saturated heterocycles. The molecule has 72 valence electrons. The van der Waals surface area contributed by atoms with Gasteiger partial charge in [0.05, 0.1) is 0 Å². The van der Waals surface area contributed by atoms with E-state index < -0.39 is 0 Å². The average molecular weight is 262 g/mol. The molecule has 0 spiro atoms. The molecule has 1 heterocycles. The predicted octanol–water partition coefficient (Wildman–Crippen LogP) is 2.40. The molecule has 0 saturated carbocycles. The maximum absolute atomic E-state index is 4.08. The van der Waals surface area contributed by atoms with E-state index in [9.17, 15) is 0 Å². The van der Waals surface area contributed by atoms with Crippen molar-refractivity contribution in [3.05, 3.63) is 17.0 Å². The van der Waals surface area contributed by atoms with Crippen molar-refractivity contribution in [1.29, 1.82) is 0 Å². The van der Waals surface area contributed by atoms with Crippen molar-refractivity contribution in [2.24, 2.45) is 0 Å². The minimum atomic E-state index is 0.591. The van der Waals surface area contributed by atoms with Crippen molar-refractivity contribution in [3.63, 3.8) is 0 Å². The average Bonchev–Trinajstić information content (AvgIpc) is 2.14. The van der Waals surface area contributed by atoms with Gasteiger partial charge in [0, 0.05) is 17.9 Å². The topological polar surface area (TPSA) is 37.8 Å². The first-order chi connectivity index (χ1) is 6.22. The zero-order valence-electron chi connectivity index (χ0n) is 7.62. The van der Waals surface area contributed by atoms with Crippen LogP contribution < -0.4 is 5.32 Å². The maximum atomic E-state index is 4.08. The van der Waals surface area contributed by atoms with Crippen molar-refractivity contribution in [3.8, 4) is 0 Å². The number of nitrogens with zero attached hydrogens (tertiary/aromatic N) is 2. The van der Waals surface area contributed by atoms with E-state index in [1.807, 2.05) is 17.8 Å². The third kappa shape index (κ3) is 3.95. The van der Waals surface area contributed by atoms with Crippen molar-refractivity contribution in [2.75, 3.05) is 18.1 Å². The lowest BCUT2D eigenvalue weighted by molar-refractivity contribution is 0.983. The number of thioether (sulfide) groups is 1. The fourth-order valence-electron chi connectivity index (χ4n) is 0.762. The molecular weight excluding hydrogens is 250 g/mol. The number of aromatic nitrogens is 2. The molecule has 1 unspecified atom stereocenters. The predicted molar refractivity (Wildman–Crippen MR) is 61.2 cm³/mol. The van der Waals surface area contributed by atoms with E-state index in [2.05, 4.69) is 44.4 Å². The Morgan fingerprint density at radius 2 is 2.38 bits per heavy atom. The van der Waals surface area contributed by atoms with Gasteiger partial charge in [0.15, 0.2) is 0 Å². The number of hydrogen-bond donors (Lipinski definition) is 1. The van der Waals surface area contributed by atoms with Gasteiger partial charge in [-0.3, -0.25) is 0 Å². The molecule has 0 bridgehead atoms. The summed E-state index contributed by atoms with van der Waals surface area (Å²) in [6.07, 6.45) is 3.64. The standard InChI is InChI=1S/C8H12BrN3S/c1-6(13-2)4-10-8-3-7(9)11-5-12-8/h3,5-6H,4H2,1-2H3,(H,10,11,12). The number of anilines is 1. The van der Waals surface area contributed by atoms with Gasteiger partial charge in [-0.15, -0.1) is 0 Å². The zero-order valence-corrected chi connectivity index (χ0v) is 10.0. The minimum absolute atomic E-state index is 0.591. The molecule has 1 rings (SSSR count). The molecule has 3 nitrogen and oxygen atoms in total. The largest absolute Gasteiger partial charge is 0.369 e. The zero-order chi connectivity index (χ0) is 9.68.